The van der Waals surface area contributed by atoms with Crippen molar-refractivity contribution in [1.29, 1.82) is 0 Å². The minimum Gasteiger partial charge on any atom is -0.403 e. The second-order valence-electron chi connectivity index (χ2n) is 3.68. The van der Waals surface area contributed by atoms with Gasteiger partial charge in [0.1, 0.15) is 0 Å². The highest BCUT2D eigenvalue weighted by atomic mass is 14.5. The highest BCUT2D eigenvalue weighted by Crippen LogP contribution is 2.09. The van der Waals surface area contributed by atoms with Crippen LogP contribution in [-0.4, -0.2) is 0 Å². The van der Waals surface area contributed by atoms with Gasteiger partial charge in [0.2, 0.25) is 0 Å². The van der Waals surface area contributed by atoms with Gasteiger partial charge in [-0.1, -0.05) is 37.8 Å². The third-order valence-electron chi connectivity index (χ3n) is 2.39. The minimum absolute atomic E-state index is 0.787. The molecule has 0 saturated carbocycles. The SMILES string of the molecule is C=C(N)CCCc1ccc(CC)cc1. The van der Waals surface area contributed by atoms with E-state index in [0.29, 0.717) is 0 Å². The van der Waals surface area contributed by atoms with Crippen molar-refractivity contribution < 1.29 is 0 Å². The van der Waals surface area contributed by atoms with Gasteiger partial charge in [-0.05, 0) is 36.8 Å². The second kappa shape index (κ2) is 5.48. The summed E-state index contributed by atoms with van der Waals surface area (Å²) in [5.41, 5.74) is 9.09. The molecular weight excluding hydrogens is 170 g/mol. The summed E-state index contributed by atoms with van der Waals surface area (Å²) in [6.07, 6.45) is 4.23. The summed E-state index contributed by atoms with van der Waals surface area (Å²) >= 11 is 0. The van der Waals surface area contributed by atoms with Crippen molar-refractivity contribution in [2.24, 2.45) is 5.73 Å². The van der Waals surface area contributed by atoms with Crippen molar-refractivity contribution in [3.63, 3.8) is 0 Å². The third-order valence-corrected chi connectivity index (χ3v) is 2.39. The zero-order valence-corrected chi connectivity index (χ0v) is 8.92. The predicted octanol–water partition coefficient (Wildman–Crippen LogP) is 3.04. The van der Waals surface area contributed by atoms with Gasteiger partial charge < -0.3 is 5.73 Å². The second-order valence-corrected chi connectivity index (χ2v) is 3.68. The van der Waals surface area contributed by atoms with Gasteiger partial charge in [0, 0.05) is 5.70 Å². The van der Waals surface area contributed by atoms with E-state index in [1.54, 1.807) is 0 Å². The van der Waals surface area contributed by atoms with Crippen LogP contribution in [0.3, 0.4) is 0 Å². The van der Waals surface area contributed by atoms with Crippen molar-refractivity contribution in [3.8, 4) is 0 Å². The number of rotatable bonds is 5. The Balaban J connectivity index is 2.40. The quantitative estimate of drug-likeness (QED) is 0.757. The largest absolute Gasteiger partial charge is 0.403 e. The number of hydrogen-bond donors (Lipinski definition) is 1. The molecule has 0 aliphatic heterocycles. The molecule has 0 radical (unpaired) electrons. The summed E-state index contributed by atoms with van der Waals surface area (Å²) in [6, 6.07) is 8.81. The third kappa shape index (κ3) is 3.65. The van der Waals surface area contributed by atoms with Crippen LogP contribution in [0.2, 0.25) is 0 Å². The van der Waals surface area contributed by atoms with Gasteiger partial charge in [-0.2, -0.15) is 0 Å². The first-order chi connectivity index (χ1) is 6.72. The summed E-state index contributed by atoms with van der Waals surface area (Å²) < 4.78 is 0. The van der Waals surface area contributed by atoms with Gasteiger partial charge in [0.25, 0.3) is 0 Å². The van der Waals surface area contributed by atoms with Gasteiger partial charge in [-0.25, -0.2) is 0 Å². The summed E-state index contributed by atoms with van der Waals surface area (Å²) in [6.45, 7) is 5.87. The molecule has 1 heteroatoms. The molecule has 1 aromatic rings. The molecule has 0 atom stereocenters. The Morgan fingerprint density at radius 3 is 2.29 bits per heavy atom. The molecule has 0 fully saturated rings. The number of hydrogen-bond acceptors (Lipinski definition) is 1. The Morgan fingerprint density at radius 2 is 1.79 bits per heavy atom. The predicted molar refractivity (Wildman–Crippen MR) is 62.1 cm³/mol. The fraction of sp³-hybridized carbons (Fsp3) is 0.385. The van der Waals surface area contributed by atoms with Crippen LogP contribution in [0.25, 0.3) is 0 Å². The first kappa shape index (κ1) is 10.8. The normalized spacial score (nSPS) is 10.1. The lowest BCUT2D eigenvalue weighted by atomic mass is 10.0. The van der Waals surface area contributed by atoms with Gasteiger partial charge in [0.05, 0.1) is 0 Å². The van der Waals surface area contributed by atoms with Crippen LogP contribution >= 0.6 is 0 Å². The topological polar surface area (TPSA) is 26.0 Å². The van der Waals surface area contributed by atoms with Crippen LogP contribution in [0.4, 0.5) is 0 Å². The average molecular weight is 189 g/mol. The zero-order chi connectivity index (χ0) is 10.4. The van der Waals surface area contributed by atoms with Crippen LogP contribution < -0.4 is 5.73 Å². The summed E-state index contributed by atoms with van der Waals surface area (Å²) in [7, 11) is 0. The summed E-state index contributed by atoms with van der Waals surface area (Å²) in [5, 5.41) is 0. The van der Waals surface area contributed by atoms with Crippen LogP contribution in [-0.2, 0) is 12.8 Å². The van der Waals surface area contributed by atoms with E-state index in [4.69, 9.17) is 5.73 Å². The fourth-order valence-corrected chi connectivity index (χ4v) is 1.46. The molecule has 0 spiro atoms. The Hall–Kier alpha value is -1.24. The lowest BCUT2D eigenvalue weighted by molar-refractivity contribution is 0.806. The molecule has 0 heterocycles. The van der Waals surface area contributed by atoms with Crippen molar-refractivity contribution in [2.45, 2.75) is 32.6 Å². The van der Waals surface area contributed by atoms with Crippen LogP contribution in [0.1, 0.15) is 30.9 Å². The number of aryl methyl sites for hydroxylation is 2. The standard InChI is InChI=1S/C13H19N/c1-3-12-7-9-13(10-8-12)6-4-5-11(2)14/h7-10H,2-6,14H2,1H3. The smallest absolute Gasteiger partial charge is 0.000755 e. The molecule has 14 heavy (non-hydrogen) atoms. The molecule has 0 aromatic heterocycles. The van der Waals surface area contributed by atoms with E-state index >= 15 is 0 Å². The summed E-state index contributed by atoms with van der Waals surface area (Å²) in [4.78, 5) is 0. The van der Waals surface area contributed by atoms with Gasteiger partial charge in [0.15, 0.2) is 0 Å². The minimum atomic E-state index is 0.787. The average Bonchev–Trinajstić information content (AvgIpc) is 2.18. The molecule has 2 N–H and O–H groups in total. The maximum atomic E-state index is 5.51. The molecule has 76 valence electrons. The van der Waals surface area contributed by atoms with Crippen LogP contribution in [0, 0.1) is 0 Å². The maximum absolute atomic E-state index is 5.51. The van der Waals surface area contributed by atoms with E-state index in [1.807, 2.05) is 0 Å². The number of nitrogens with two attached hydrogens (primary N) is 1. The lowest BCUT2D eigenvalue weighted by Crippen LogP contribution is -1.95. The lowest BCUT2D eigenvalue weighted by Gasteiger charge is -2.02. The van der Waals surface area contributed by atoms with E-state index < -0.39 is 0 Å². The Labute approximate surface area is 86.6 Å². The molecular formula is C13H19N. The van der Waals surface area contributed by atoms with Gasteiger partial charge >= 0.3 is 0 Å². The van der Waals surface area contributed by atoms with Crippen LogP contribution in [0.5, 0.6) is 0 Å². The van der Waals surface area contributed by atoms with Crippen LogP contribution in [0.15, 0.2) is 36.5 Å². The zero-order valence-electron chi connectivity index (χ0n) is 8.92. The molecule has 0 saturated heterocycles. The Kier molecular flexibility index (Phi) is 4.24. The summed E-state index contributed by atoms with van der Waals surface area (Å²) in [5.74, 6) is 0. The van der Waals surface area contributed by atoms with E-state index in [2.05, 4.69) is 37.8 Å². The van der Waals surface area contributed by atoms with Crippen molar-refractivity contribution >= 4 is 0 Å². The first-order valence-corrected chi connectivity index (χ1v) is 5.23. The van der Waals surface area contributed by atoms with Crippen molar-refractivity contribution in [2.75, 3.05) is 0 Å². The van der Waals surface area contributed by atoms with E-state index in [9.17, 15) is 0 Å². The monoisotopic (exact) mass is 189 g/mol. The highest BCUT2D eigenvalue weighted by Gasteiger charge is 1.94. The number of allylic oxidation sites excluding steroid dienone is 1. The molecule has 1 aromatic carbocycles. The van der Waals surface area contributed by atoms with Crippen molar-refractivity contribution in [1.82, 2.24) is 0 Å². The highest BCUT2D eigenvalue weighted by molar-refractivity contribution is 5.22. The Bertz CT molecular complexity index is 285. The molecule has 0 unspecified atom stereocenters. The molecule has 0 amide bonds. The molecule has 1 nitrogen and oxygen atoms in total. The van der Waals surface area contributed by atoms with E-state index in [-0.39, 0.29) is 0 Å². The molecule has 0 aliphatic carbocycles. The molecule has 1 rings (SSSR count). The Morgan fingerprint density at radius 1 is 1.21 bits per heavy atom. The van der Waals surface area contributed by atoms with Gasteiger partial charge in [-0.3, -0.25) is 0 Å². The maximum Gasteiger partial charge on any atom is 0.000755 e. The number of benzene rings is 1. The van der Waals surface area contributed by atoms with Gasteiger partial charge in [-0.15, -0.1) is 0 Å². The molecule has 0 aliphatic rings. The fourth-order valence-electron chi connectivity index (χ4n) is 1.46. The molecule has 0 bridgehead atoms. The first-order valence-electron chi connectivity index (χ1n) is 5.23. The van der Waals surface area contributed by atoms with Crippen molar-refractivity contribution in [3.05, 3.63) is 47.7 Å². The van der Waals surface area contributed by atoms with E-state index in [1.165, 1.54) is 11.1 Å². The van der Waals surface area contributed by atoms with E-state index in [0.717, 1.165) is 31.4 Å².